The maximum Gasteiger partial charge on any atom is 0.269 e. The molecular formula is C19H17N7O2S. The Labute approximate surface area is 170 Å². The number of nitrogens with zero attached hydrogens (tertiary/aromatic N) is 6. The zero-order chi connectivity index (χ0) is 20.4. The molecule has 0 aliphatic carbocycles. The van der Waals surface area contributed by atoms with E-state index in [4.69, 9.17) is 4.74 Å². The molecular weight excluding hydrogens is 390 g/mol. The fraction of sp³-hybridized carbons (Fsp3) is 0.158. The van der Waals surface area contributed by atoms with E-state index in [-0.39, 0.29) is 5.91 Å². The topological polar surface area (TPSA) is 108 Å². The normalized spacial score (nSPS) is 10.7. The number of benzene rings is 1. The Morgan fingerprint density at radius 2 is 1.79 bits per heavy atom. The summed E-state index contributed by atoms with van der Waals surface area (Å²) in [5.74, 6) is 1.38. The van der Waals surface area contributed by atoms with Crippen molar-refractivity contribution >= 4 is 23.1 Å². The quantitative estimate of drug-likeness (QED) is 0.539. The van der Waals surface area contributed by atoms with E-state index in [9.17, 15) is 4.79 Å². The van der Waals surface area contributed by atoms with E-state index < -0.39 is 0 Å². The highest BCUT2D eigenvalue weighted by molar-refractivity contribution is 7.08. The van der Waals surface area contributed by atoms with E-state index in [1.165, 1.54) is 0 Å². The van der Waals surface area contributed by atoms with Gasteiger partial charge in [-0.3, -0.25) is 9.36 Å². The lowest BCUT2D eigenvalue weighted by Crippen LogP contribution is -2.11. The Bertz CT molecular complexity index is 1150. The van der Waals surface area contributed by atoms with Crippen molar-refractivity contribution in [2.45, 2.75) is 20.8 Å². The maximum absolute atomic E-state index is 12.2. The molecule has 0 bridgehead atoms. The molecule has 0 aliphatic heterocycles. The molecule has 0 saturated heterocycles. The van der Waals surface area contributed by atoms with Crippen molar-refractivity contribution in [2.75, 3.05) is 5.32 Å². The van der Waals surface area contributed by atoms with Gasteiger partial charge in [0.25, 0.3) is 5.91 Å². The van der Waals surface area contributed by atoms with E-state index in [0.717, 1.165) is 22.9 Å². The molecule has 0 radical (unpaired) electrons. The van der Waals surface area contributed by atoms with Crippen LogP contribution in [0.1, 0.15) is 26.8 Å². The monoisotopic (exact) mass is 407 g/mol. The molecule has 1 aromatic carbocycles. The summed E-state index contributed by atoms with van der Waals surface area (Å²) in [6.45, 7) is 5.66. The number of amides is 1. The van der Waals surface area contributed by atoms with Crippen molar-refractivity contribution in [1.29, 1.82) is 0 Å². The third-order valence-corrected chi connectivity index (χ3v) is 5.14. The zero-order valence-corrected chi connectivity index (χ0v) is 16.8. The van der Waals surface area contributed by atoms with Crippen molar-refractivity contribution in [3.63, 3.8) is 0 Å². The van der Waals surface area contributed by atoms with Crippen LogP contribution >= 0.6 is 11.5 Å². The van der Waals surface area contributed by atoms with Crippen LogP contribution in [-0.2, 0) is 0 Å². The largest absolute Gasteiger partial charge is 0.438 e. The number of imidazole rings is 1. The van der Waals surface area contributed by atoms with Crippen LogP contribution in [0.15, 0.2) is 42.7 Å². The van der Waals surface area contributed by atoms with Crippen molar-refractivity contribution in [1.82, 2.24) is 29.3 Å². The standard InChI is InChI=1S/C19H17N7O2S/c1-11-13(3)26(10-20-11)16-8-9-17(24-23-16)28-15-6-4-14(5-7-15)21-19(27)18-12(2)22-25-29-18/h4-10H,1-3H3,(H,21,27). The Hall–Kier alpha value is -3.66. The number of hydrogen-bond donors (Lipinski definition) is 1. The number of carbonyl (C=O) groups excluding carboxylic acids is 1. The highest BCUT2D eigenvalue weighted by Gasteiger charge is 2.13. The number of hydrogen-bond acceptors (Lipinski definition) is 8. The summed E-state index contributed by atoms with van der Waals surface area (Å²) in [6, 6.07) is 10.5. The molecule has 0 spiro atoms. The van der Waals surface area contributed by atoms with Crippen LogP contribution in [0, 0.1) is 20.8 Å². The van der Waals surface area contributed by atoms with Gasteiger partial charge in [0.2, 0.25) is 5.88 Å². The van der Waals surface area contributed by atoms with Gasteiger partial charge in [0, 0.05) is 17.4 Å². The van der Waals surface area contributed by atoms with Gasteiger partial charge in [-0.1, -0.05) is 4.49 Å². The van der Waals surface area contributed by atoms with Gasteiger partial charge in [-0.2, -0.15) is 0 Å². The fourth-order valence-electron chi connectivity index (χ4n) is 2.58. The summed E-state index contributed by atoms with van der Waals surface area (Å²) in [5, 5.41) is 15.0. The molecule has 0 unspecified atom stereocenters. The minimum Gasteiger partial charge on any atom is -0.438 e. The first-order valence-electron chi connectivity index (χ1n) is 8.74. The number of ether oxygens (including phenoxy) is 1. The molecule has 3 heterocycles. The second kappa shape index (κ2) is 7.76. The molecule has 3 aromatic heterocycles. The molecule has 10 heteroatoms. The first kappa shape index (κ1) is 18.7. The van der Waals surface area contributed by atoms with Gasteiger partial charge in [0.05, 0.1) is 11.4 Å². The first-order valence-corrected chi connectivity index (χ1v) is 9.51. The Kier molecular flexibility index (Phi) is 5.00. The van der Waals surface area contributed by atoms with Crippen molar-refractivity contribution in [3.05, 3.63) is 64.7 Å². The number of aryl methyl sites for hydroxylation is 2. The number of carbonyl (C=O) groups is 1. The Morgan fingerprint density at radius 1 is 1.00 bits per heavy atom. The smallest absolute Gasteiger partial charge is 0.269 e. The van der Waals surface area contributed by atoms with Crippen LogP contribution in [0.4, 0.5) is 5.69 Å². The molecule has 0 saturated carbocycles. The summed E-state index contributed by atoms with van der Waals surface area (Å²) >= 11 is 1.06. The molecule has 146 valence electrons. The molecule has 29 heavy (non-hydrogen) atoms. The SMILES string of the molecule is Cc1nnsc1C(=O)Nc1ccc(Oc2ccc(-n3cnc(C)c3C)nn2)cc1. The highest BCUT2D eigenvalue weighted by Crippen LogP contribution is 2.22. The van der Waals surface area contributed by atoms with Gasteiger partial charge in [-0.05, 0) is 62.6 Å². The van der Waals surface area contributed by atoms with Gasteiger partial charge in [-0.15, -0.1) is 15.3 Å². The van der Waals surface area contributed by atoms with E-state index in [0.29, 0.717) is 33.7 Å². The molecule has 1 amide bonds. The molecule has 0 aliphatic rings. The van der Waals surface area contributed by atoms with E-state index >= 15 is 0 Å². The molecule has 0 atom stereocenters. The lowest BCUT2D eigenvalue weighted by Gasteiger charge is -2.08. The van der Waals surface area contributed by atoms with Gasteiger partial charge in [0.15, 0.2) is 5.82 Å². The van der Waals surface area contributed by atoms with Crippen LogP contribution in [0.2, 0.25) is 0 Å². The Morgan fingerprint density at radius 3 is 2.38 bits per heavy atom. The maximum atomic E-state index is 12.2. The summed E-state index contributed by atoms with van der Waals surface area (Å²) in [7, 11) is 0. The lowest BCUT2D eigenvalue weighted by atomic mass is 10.3. The lowest BCUT2D eigenvalue weighted by molar-refractivity contribution is 0.103. The average molecular weight is 407 g/mol. The number of aromatic nitrogens is 6. The third-order valence-electron chi connectivity index (χ3n) is 4.32. The second-order valence-corrected chi connectivity index (χ2v) is 7.04. The molecule has 9 nitrogen and oxygen atoms in total. The van der Waals surface area contributed by atoms with Crippen LogP contribution in [0.3, 0.4) is 0 Å². The minimum atomic E-state index is -0.238. The average Bonchev–Trinajstić information content (AvgIpc) is 3.30. The zero-order valence-electron chi connectivity index (χ0n) is 15.9. The fourth-order valence-corrected chi connectivity index (χ4v) is 3.13. The van der Waals surface area contributed by atoms with Crippen LogP contribution < -0.4 is 10.1 Å². The summed E-state index contributed by atoms with van der Waals surface area (Å²) in [4.78, 5) is 17.0. The number of rotatable bonds is 5. The van der Waals surface area contributed by atoms with E-state index in [1.54, 1.807) is 43.6 Å². The van der Waals surface area contributed by atoms with Crippen LogP contribution in [-0.4, -0.2) is 35.2 Å². The predicted octanol–water partition coefficient (Wildman–Crippen LogP) is 3.48. The van der Waals surface area contributed by atoms with E-state index in [2.05, 4.69) is 30.1 Å². The minimum absolute atomic E-state index is 0.238. The molecule has 0 fully saturated rings. The predicted molar refractivity (Wildman–Crippen MR) is 108 cm³/mol. The number of anilines is 1. The summed E-state index contributed by atoms with van der Waals surface area (Å²) in [6.07, 6.45) is 1.71. The van der Waals surface area contributed by atoms with Crippen molar-refractivity contribution < 1.29 is 9.53 Å². The van der Waals surface area contributed by atoms with Crippen LogP contribution in [0.5, 0.6) is 11.6 Å². The second-order valence-electron chi connectivity index (χ2n) is 6.28. The Balaban J connectivity index is 1.41. The van der Waals surface area contributed by atoms with Gasteiger partial charge < -0.3 is 10.1 Å². The van der Waals surface area contributed by atoms with Crippen molar-refractivity contribution in [3.8, 4) is 17.4 Å². The van der Waals surface area contributed by atoms with Crippen LogP contribution in [0.25, 0.3) is 5.82 Å². The number of nitrogens with one attached hydrogen (secondary N) is 1. The van der Waals surface area contributed by atoms with Gasteiger partial charge in [0.1, 0.15) is 17.0 Å². The van der Waals surface area contributed by atoms with Gasteiger partial charge >= 0.3 is 0 Å². The van der Waals surface area contributed by atoms with E-state index in [1.807, 2.05) is 24.5 Å². The first-order chi connectivity index (χ1) is 14.0. The molecule has 1 N–H and O–H groups in total. The molecule has 4 rings (SSSR count). The van der Waals surface area contributed by atoms with Crippen molar-refractivity contribution in [2.24, 2.45) is 0 Å². The highest BCUT2D eigenvalue weighted by atomic mass is 32.1. The summed E-state index contributed by atoms with van der Waals surface area (Å²) < 4.78 is 11.4. The third kappa shape index (κ3) is 3.97. The summed E-state index contributed by atoms with van der Waals surface area (Å²) in [5.41, 5.74) is 3.20. The molecule has 4 aromatic rings. The van der Waals surface area contributed by atoms with Gasteiger partial charge in [-0.25, -0.2) is 4.98 Å².